The number of benzene rings is 4. The number of hydrogen-bond acceptors (Lipinski definition) is 4. The molecule has 0 unspecified atom stereocenters. The topological polar surface area (TPSA) is 43.2 Å². The third-order valence-corrected chi connectivity index (χ3v) is 11.9. The second-order valence-corrected chi connectivity index (χ2v) is 14.0. The van der Waals surface area contributed by atoms with Crippen LogP contribution in [0.1, 0.15) is 0 Å². The van der Waals surface area contributed by atoms with Gasteiger partial charge in [-0.05, 0) is 48.5 Å². The fraction of sp³-hybridized carbons (Fsp3) is 0.182. The van der Waals surface area contributed by atoms with Crippen LogP contribution < -0.4 is 21.2 Å². The molecular weight excluding hydrogens is 681 g/mol. The second kappa shape index (κ2) is 19.1. The van der Waals surface area contributed by atoms with Crippen molar-refractivity contribution in [2.24, 2.45) is 9.98 Å². The van der Waals surface area contributed by atoms with Crippen molar-refractivity contribution in [2.45, 2.75) is 0 Å². The smallest absolute Gasteiger partial charge is 0.223 e. The van der Waals surface area contributed by atoms with E-state index < -0.39 is 15.8 Å². The number of rotatable bonds is 8. The van der Waals surface area contributed by atoms with Crippen LogP contribution in [-0.4, -0.2) is 50.4 Å². The van der Waals surface area contributed by atoms with Gasteiger partial charge in [0.05, 0.1) is 50.2 Å². The molecule has 4 aromatic carbocycles. The zero-order chi connectivity index (χ0) is 25.8. The van der Waals surface area contributed by atoms with E-state index in [1.54, 1.807) is 0 Å². The van der Waals surface area contributed by atoms with Crippen LogP contribution in [0.4, 0.5) is 0 Å². The van der Waals surface area contributed by atoms with Crippen LogP contribution in [0.25, 0.3) is 0 Å². The molecule has 41 heavy (non-hydrogen) atoms. The second-order valence-electron chi connectivity index (χ2n) is 9.02. The minimum Gasteiger partial charge on any atom is -0.476 e. The molecule has 0 amide bonds. The van der Waals surface area contributed by atoms with Gasteiger partial charge in [-0.25, -0.2) is 9.98 Å². The summed E-state index contributed by atoms with van der Waals surface area (Å²) in [4.78, 5) is 8.89. The van der Waals surface area contributed by atoms with Crippen LogP contribution in [0, 0.1) is 7.43 Å². The van der Waals surface area contributed by atoms with Crippen LogP contribution in [0.5, 0.6) is 0 Å². The molecule has 4 aromatic rings. The Balaban J connectivity index is 0.000000267. The van der Waals surface area contributed by atoms with Gasteiger partial charge in [-0.15, -0.1) is 0 Å². The van der Waals surface area contributed by atoms with Crippen molar-refractivity contribution in [1.82, 2.24) is 0 Å². The molecule has 8 heteroatoms. The summed E-state index contributed by atoms with van der Waals surface area (Å²) in [6, 6.07) is 42.9. The van der Waals surface area contributed by atoms with Crippen molar-refractivity contribution >= 4 is 48.9 Å². The Labute approximate surface area is 271 Å². The fourth-order valence-electron chi connectivity index (χ4n) is 4.57. The Kier molecular flexibility index (Phi) is 16.4. The molecule has 2 heterocycles. The largest absolute Gasteiger partial charge is 0.476 e. The average molecular weight is 718 g/mol. The first kappa shape index (κ1) is 35.1. The van der Waals surface area contributed by atoms with Gasteiger partial charge in [0.15, 0.2) is 0 Å². The molecule has 0 bridgehead atoms. The molecule has 0 aliphatic carbocycles. The van der Waals surface area contributed by atoms with Gasteiger partial charge >= 0.3 is 0 Å². The van der Waals surface area contributed by atoms with Crippen LogP contribution in [0.15, 0.2) is 131 Å². The maximum absolute atomic E-state index is 5.60. The summed E-state index contributed by atoms with van der Waals surface area (Å²) in [6.45, 7) is 3.12. The summed E-state index contributed by atoms with van der Waals surface area (Å²) in [5.74, 6) is 1.86. The summed E-state index contributed by atoms with van der Waals surface area (Å²) in [7, 11) is -1.68. The summed E-state index contributed by atoms with van der Waals surface area (Å²) < 4.78 is 11.2. The SMILES string of the molecule is [CH3-].[Fe].[Pd].c1ccc([PH+](CC2=NCCO2)c2ccccc2)cc1.c1ccc([PH+](CC2=NCCO2)c2ccccc2)cc1. The molecule has 6 rings (SSSR count). The zero-order valence-electron chi connectivity index (χ0n) is 23.2. The minimum absolute atomic E-state index is 0. The van der Waals surface area contributed by atoms with E-state index in [2.05, 4.69) is 131 Å². The molecule has 0 fully saturated rings. The van der Waals surface area contributed by atoms with Crippen molar-refractivity contribution in [3.05, 3.63) is 129 Å². The predicted octanol–water partition coefficient (Wildman–Crippen LogP) is 5.01. The average Bonchev–Trinajstić information content (AvgIpc) is 3.72. The van der Waals surface area contributed by atoms with Gasteiger partial charge in [0.2, 0.25) is 11.8 Å². The Morgan fingerprint density at radius 1 is 0.488 bits per heavy atom. The Bertz CT molecular complexity index is 1150. The number of aliphatic imine (C=N–C) groups is 2. The molecule has 0 saturated carbocycles. The molecule has 2 aliphatic rings. The van der Waals surface area contributed by atoms with Gasteiger partial charge in [-0.3, -0.25) is 0 Å². The van der Waals surface area contributed by atoms with E-state index in [-0.39, 0.29) is 44.9 Å². The number of ether oxygens (including phenoxy) is 2. The molecule has 0 N–H and O–H groups in total. The maximum Gasteiger partial charge on any atom is 0.223 e. The van der Waals surface area contributed by atoms with E-state index in [9.17, 15) is 0 Å². The number of hydrogen-bond donors (Lipinski definition) is 0. The summed E-state index contributed by atoms with van der Waals surface area (Å²) in [5, 5.41) is 5.66. The van der Waals surface area contributed by atoms with Crippen LogP contribution in [0.3, 0.4) is 0 Å². The van der Waals surface area contributed by atoms with Crippen molar-refractivity contribution < 1.29 is 47.0 Å². The molecule has 0 aromatic heterocycles. The molecule has 218 valence electrons. The third kappa shape index (κ3) is 10.6. The van der Waals surface area contributed by atoms with Crippen molar-refractivity contribution in [3.8, 4) is 0 Å². The van der Waals surface area contributed by atoms with Gasteiger partial charge in [0.25, 0.3) is 0 Å². The van der Waals surface area contributed by atoms with E-state index >= 15 is 0 Å². The van der Waals surface area contributed by atoms with Crippen molar-refractivity contribution in [1.29, 1.82) is 0 Å². The summed E-state index contributed by atoms with van der Waals surface area (Å²) >= 11 is 0. The standard InChI is InChI=1S/2C16H16NOP.CH3.Fe.Pd/c2*1-3-7-14(8-4-1)19(13-16-17-11-12-18-16)15-9-5-2-6-10-15;;;/h2*1-10H,11-13H2;1H3;;/q;;-1;;/p+2. The third-order valence-electron chi connectivity index (χ3n) is 6.44. The van der Waals surface area contributed by atoms with Crippen molar-refractivity contribution in [3.63, 3.8) is 0 Å². The normalized spacial score (nSPS) is 13.2. The van der Waals surface area contributed by atoms with E-state index in [1.165, 1.54) is 21.2 Å². The molecule has 0 spiro atoms. The molecule has 2 aliphatic heterocycles. The number of nitrogens with zero attached hydrogens (tertiary/aromatic N) is 2. The summed E-state index contributed by atoms with van der Waals surface area (Å²) in [6.07, 6.45) is 1.89. The minimum atomic E-state index is -0.839. The zero-order valence-corrected chi connectivity index (χ0v) is 27.8. The molecule has 0 saturated heterocycles. The molecule has 4 nitrogen and oxygen atoms in total. The first-order valence-corrected chi connectivity index (χ1v) is 16.5. The van der Waals surface area contributed by atoms with E-state index in [1.807, 2.05) is 0 Å². The Morgan fingerprint density at radius 3 is 0.976 bits per heavy atom. The quantitative estimate of drug-likeness (QED) is 0.146. The molecule has 0 radical (unpaired) electrons. The van der Waals surface area contributed by atoms with Crippen LogP contribution in [-0.2, 0) is 47.0 Å². The predicted molar refractivity (Wildman–Crippen MR) is 174 cm³/mol. The van der Waals surface area contributed by atoms with Gasteiger partial charge < -0.3 is 16.9 Å². The summed E-state index contributed by atoms with van der Waals surface area (Å²) in [5.41, 5.74) is 0. The molecule has 0 atom stereocenters. The fourth-order valence-corrected chi connectivity index (χ4v) is 9.47. The van der Waals surface area contributed by atoms with Gasteiger partial charge in [0, 0.05) is 37.5 Å². The Morgan fingerprint density at radius 2 is 0.756 bits per heavy atom. The monoisotopic (exact) mass is 717 g/mol. The van der Waals surface area contributed by atoms with Crippen molar-refractivity contribution in [2.75, 3.05) is 38.6 Å². The van der Waals surface area contributed by atoms with Crippen LogP contribution >= 0.6 is 15.8 Å². The van der Waals surface area contributed by atoms with E-state index in [0.29, 0.717) is 0 Å². The maximum atomic E-state index is 5.60. The van der Waals surface area contributed by atoms with E-state index in [0.717, 1.165) is 50.4 Å². The van der Waals surface area contributed by atoms with Gasteiger partial charge in [-0.1, -0.05) is 72.8 Å². The van der Waals surface area contributed by atoms with Crippen LogP contribution in [0.2, 0.25) is 0 Å². The molecular formula is C33H37FeN2O2P2Pd+. The first-order chi connectivity index (χ1) is 18.9. The Hall–Kier alpha value is -2.14. The van der Waals surface area contributed by atoms with Gasteiger partial charge in [-0.2, -0.15) is 0 Å². The van der Waals surface area contributed by atoms with E-state index in [4.69, 9.17) is 9.47 Å². The first-order valence-electron chi connectivity index (χ1n) is 13.1. The van der Waals surface area contributed by atoms with Gasteiger partial charge in [0.1, 0.15) is 25.5 Å².